The van der Waals surface area contributed by atoms with Gasteiger partial charge in [-0.25, -0.2) is 0 Å². The van der Waals surface area contributed by atoms with Crippen molar-refractivity contribution in [3.8, 4) is 5.75 Å². The summed E-state index contributed by atoms with van der Waals surface area (Å²) < 4.78 is 40.0. The lowest BCUT2D eigenvalue weighted by molar-refractivity contribution is -0.274. The van der Waals surface area contributed by atoms with Crippen LogP contribution in [-0.4, -0.2) is 18.4 Å². The maximum absolute atomic E-state index is 12.1. The second-order valence-corrected chi connectivity index (χ2v) is 3.95. The van der Waals surface area contributed by atoms with Crippen LogP contribution in [0.15, 0.2) is 16.6 Å². The third-order valence-electron chi connectivity index (χ3n) is 1.84. The predicted molar refractivity (Wildman–Crippen MR) is 56.2 cm³/mol. The van der Waals surface area contributed by atoms with Crippen LogP contribution in [-0.2, 0) is 0 Å². The molecule has 17 heavy (non-hydrogen) atoms. The number of benzene rings is 1. The van der Waals surface area contributed by atoms with E-state index in [9.17, 15) is 22.8 Å². The summed E-state index contributed by atoms with van der Waals surface area (Å²) in [6, 6.07) is 2.14. The van der Waals surface area contributed by atoms with Crippen LogP contribution in [0.25, 0.3) is 0 Å². The van der Waals surface area contributed by atoms with Gasteiger partial charge in [-0.1, -0.05) is 0 Å². The van der Waals surface area contributed by atoms with Crippen LogP contribution in [0.1, 0.15) is 27.6 Å². The van der Waals surface area contributed by atoms with Crippen LogP contribution in [0.5, 0.6) is 5.75 Å². The summed E-state index contributed by atoms with van der Waals surface area (Å²) in [7, 11) is 0. The Morgan fingerprint density at radius 2 is 2.00 bits per heavy atom. The number of halogens is 4. The van der Waals surface area contributed by atoms with Gasteiger partial charge >= 0.3 is 6.36 Å². The Bertz CT molecular complexity index is 469. The summed E-state index contributed by atoms with van der Waals surface area (Å²) in [6.45, 7) is 1.19. The largest absolute Gasteiger partial charge is 0.573 e. The van der Waals surface area contributed by atoms with Crippen LogP contribution in [0, 0.1) is 0 Å². The first-order valence-corrected chi connectivity index (χ1v) is 5.09. The molecule has 0 saturated carbocycles. The molecule has 0 N–H and O–H groups in total. The summed E-state index contributed by atoms with van der Waals surface area (Å²) in [5, 5.41) is 0. The number of ketones is 1. The van der Waals surface area contributed by atoms with Crippen molar-refractivity contribution in [2.75, 3.05) is 0 Å². The molecule has 0 saturated heterocycles. The lowest BCUT2D eigenvalue weighted by Crippen LogP contribution is -2.18. The molecule has 3 nitrogen and oxygen atoms in total. The molecule has 0 spiro atoms. The number of hydrogen-bond donors (Lipinski definition) is 0. The van der Waals surface area contributed by atoms with Gasteiger partial charge in [-0.05, 0) is 35.0 Å². The first kappa shape index (κ1) is 13.7. The molecule has 0 aliphatic rings. The third kappa shape index (κ3) is 3.55. The first-order valence-electron chi connectivity index (χ1n) is 4.30. The number of rotatable bonds is 3. The van der Waals surface area contributed by atoms with Gasteiger partial charge in [-0.2, -0.15) is 0 Å². The predicted octanol–water partition coefficient (Wildman–Crippen LogP) is 3.36. The molecule has 1 aromatic carbocycles. The highest BCUT2D eigenvalue weighted by molar-refractivity contribution is 9.10. The van der Waals surface area contributed by atoms with Crippen molar-refractivity contribution in [2.45, 2.75) is 13.3 Å². The van der Waals surface area contributed by atoms with Gasteiger partial charge in [0.15, 0.2) is 12.1 Å². The fraction of sp³-hybridized carbons (Fsp3) is 0.200. The molecule has 0 atom stereocenters. The minimum absolute atomic E-state index is 0.0155. The minimum atomic E-state index is -4.92. The Labute approximate surface area is 103 Å². The highest BCUT2D eigenvalue weighted by Crippen LogP contribution is 2.31. The Balaban J connectivity index is 3.34. The van der Waals surface area contributed by atoms with Crippen molar-refractivity contribution in [3.05, 3.63) is 27.7 Å². The van der Waals surface area contributed by atoms with Gasteiger partial charge in [0.25, 0.3) is 0 Å². The van der Waals surface area contributed by atoms with Crippen molar-refractivity contribution in [2.24, 2.45) is 0 Å². The molecule has 0 aliphatic carbocycles. The molecule has 0 fully saturated rings. The fourth-order valence-electron chi connectivity index (χ4n) is 1.12. The molecule has 0 amide bonds. The molecule has 0 aliphatic heterocycles. The van der Waals surface area contributed by atoms with Gasteiger partial charge in [-0.15, -0.1) is 13.2 Å². The number of carbonyl (C=O) groups excluding carboxylic acids is 2. The Kier molecular flexibility index (Phi) is 3.92. The normalized spacial score (nSPS) is 11.1. The van der Waals surface area contributed by atoms with E-state index in [2.05, 4.69) is 20.7 Å². The van der Waals surface area contributed by atoms with Crippen molar-refractivity contribution < 1.29 is 27.5 Å². The number of aldehydes is 1. The van der Waals surface area contributed by atoms with Crippen LogP contribution >= 0.6 is 15.9 Å². The van der Waals surface area contributed by atoms with Crippen molar-refractivity contribution in [1.29, 1.82) is 0 Å². The number of ether oxygens (including phenoxy) is 1. The number of carbonyl (C=O) groups is 2. The SMILES string of the molecule is CC(=O)c1cc(Br)c(C=O)c(OC(F)(F)F)c1. The molecule has 0 radical (unpaired) electrons. The lowest BCUT2D eigenvalue weighted by atomic mass is 10.1. The van der Waals surface area contributed by atoms with E-state index < -0.39 is 17.9 Å². The first-order chi connectivity index (χ1) is 7.74. The molecule has 1 rings (SSSR count). The standard InChI is InChI=1S/C10H6BrF3O3/c1-5(16)6-2-8(11)7(4-15)9(3-6)17-10(12,13)14/h2-4H,1H3. The Morgan fingerprint density at radius 1 is 1.41 bits per heavy atom. The van der Waals surface area contributed by atoms with Crippen molar-refractivity contribution in [3.63, 3.8) is 0 Å². The van der Waals surface area contributed by atoms with E-state index in [-0.39, 0.29) is 21.9 Å². The van der Waals surface area contributed by atoms with Crippen LogP contribution in [0.4, 0.5) is 13.2 Å². The van der Waals surface area contributed by atoms with Gasteiger partial charge in [0.05, 0.1) is 5.56 Å². The molecule has 92 valence electrons. The minimum Gasteiger partial charge on any atom is -0.405 e. The average Bonchev–Trinajstić information content (AvgIpc) is 2.14. The van der Waals surface area contributed by atoms with Gasteiger partial charge in [0.1, 0.15) is 5.75 Å². The van der Waals surface area contributed by atoms with Gasteiger partial charge in [0, 0.05) is 10.0 Å². The summed E-state index contributed by atoms with van der Waals surface area (Å²) in [4.78, 5) is 21.7. The van der Waals surface area contributed by atoms with Crippen LogP contribution in [0.2, 0.25) is 0 Å². The Morgan fingerprint density at radius 3 is 2.41 bits per heavy atom. The monoisotopic (exact) mass is 310 g/mol. The van der Waals surface area contributed by atoms with Gasteiger partial charge in [-0.3, -0.25) is 9.59 Å². The maximum Gasteiger partial charge on any atom is 0.573 e. The Hall–Kier alpha value is -1.37. The average molecular weight is 311 g/mol. The molecule has 7 heteroatoms. The summed E-state index contributed by atoms with van der Waals surface area (Å²) >= 11 is 2.90. The summed E-state index contributed by atoms with van der Waals surface area (Å²) in [6.07, 6.45) is -4.71. The zero-order chi connectivity index (χ0) is 13.2. The van der Waals surface area contributed by atoms with E-state index in [0.29, 0.717) is 0 Å². The summed E-state index contributed by atoms with van der Waals surface area (Å²) in [5.41, 5.74) is -0.283. The molecule has 0 unspecified atom stereocenters. The summed E-state index contributed by atoms with van der Waals surface area (Å²) in [5.74, 6) is -1.14. The molecule has 0 bridgehead atoms. The molecular weight excluding hydrogens is 305 g/mol. The quantitative estimate of drug-likeness (QED) is 0.635. The molecule has 1 aromatic rings. The zero-order valence-corrected chi connectivity index (χ0v) is 10.1. The van der Waals surface area contributed by atoms with E-state index in [1.807, 2.05) is 0 Å². The highest BCUT2D eigenvalue weighted by atomic mass is 79.9. The van der Waals surface area contributed by atoms with Crippen molar-refractivity contribution in [1.82, 2.24) is 0 Å². The van der Waals surface area contributed by atoms with E-state index in [0.717, 1.165) is 6.07 Å². The number of alkyl halides is 3. The molecular formula is C10H6BrF3O3. The van der Waals surface area contributed by atoms with E-state index in [1.54, 1.807) is 0 Å². The van der Waals surface area contributed by atoms with E-state index >= 15 is 0 Å². The molecule has 0 aromatic heterocycles. The van der Waals surface area contributed by atoms with Crippen LogP contribution in [0.3, 0.4) is 0 Å². The fourth-order valence-corrected chi connectivity index (χ4v) is 1.65. The topological polar surface area (TPSA) is 43.4 Å². The van der Waals surface area contributed by atoms with Crippen molar-refractivity contribution >= 4 is 28.0 Å². The second kappa shape index (κ2) is 4.87. The second-order valence-electron chi connectivity index (χ2n) is 3.09. The smallest absolute Gasteiger partial charge is 0.405 e. The lowest BCUT2D eigenvalue weighted by Gasteiger charge is -2.12. The number of hydrogen-bond acceptors (Lipinski definition) is 3. The molecule has 0 heterocycles. The maximum atomic E-state index is 12.1. The van der Waals surface area contributed by atoms with Gasteiger partial charge < -0.3 is 4.74 Å². The number of Topliss-reactive ketones (excluding diaryl/α,β-unsaturated/α-hetero) is 1. The van der Waals surface area contributed by atoms with E-state index in [1.165, 1.54) is 13.0 Å². The van der Waals surface area contributed by atoms with Crippen LogP contribution < -0.4 is 4.74 Å². The third-order valence-corrected chi connectivity index (χ3v) is 2.50. The highest BCUT2D eigenvalue weighted by Gasteiger charge is 2.32. The van der Waals surface area contributed by atoms with Gasteiger partial charge in [0.2, 0.25) is 0 Å². The zero-order valence-electron chi connectivity index (χ0n) is 8.47. The van der Waals surface area contributed by atoms with E-state index in [4.69, 9.17) is 0 Å².